The second-order valence-corrected chi connectivity index (χ2v) is 7.75. The van der Waals surface area contributed by atoms with E-state index in [1.807, 2.05) is 24.3 Å². The maximum atomic E-state index is 6.17. The van der Waals surface area contributed by atoms with E-state index in [9.17, 15) is 0 Å². The number of anilines is 1. The van der Waals surface area contributed by atoms with Crippen molar-refractivity contribution >= 4 is 29.2 Å². The summed E-state index contributed by atoms with van der Waals surface area (Å²) in [4.78, 5) is 0. The first kappa shape index (κ1) is 17.0. The van der Waals surface area contributed by atoms with Crippen LogP contribution in [0, 0.1) is 0 Å². The lowest BCUT2D eigenvalue weighted by Crippen LogP contribution is -2.41. The summed E-state index contributed by atoms with van der Waals surface area (Å²) in [5.74, 6) is 0.444. The first-order chi connectivity index (χ1) is 12.3. The molecule has 1 aliphatic heterocycles. The summed E-state index contributed by atoms with van der Waals surface area (Å²) in [6.45, 7) is 8.24. The Morgan fingerprint density at radius 2 is 1.62 bits per heavy atom. The molecular weight excluding hydrogens is 325 g/mol. The zero-order valence-electron chi connectivity index (χ0n) is 15.5. The molecule has 132 valence electrons. The summed E-state index contributed by atoms with van der Waals surface area (Å²) >= 11 is 0. The van der Waals surface area contributed by atoms with Gasteiger partial charge in [-0.3, -0.25) is 0 Å². The standard InChI is InChI=1S/C20H22BN3O2/c1-19(2)20(3,4)26-21(25-19)16-7-5-6-13(11-16)14-8-9-17-15(10-14)12-23-24-18(17)22/h5-12H,1-4H3,(H2,22,24). The van der Waals surface area contributed by atoms with Crippen LogP contribution in [0.2, 0.25) is 0 Å². The van der Waals surface area contributed by atoms with Crippen molar-refractivity contribution in [2.75, 3.05) is 5.73 Å². The summed E-state index contributed by atoms with van der Waals surface area (Å²) in [6, 6.07) is 14.4. The van der Waals surface area contributed by atoms with Crippen molar-refractivity contribution in [2.24, 2.45) is 0 Å². The molecule has 1 aromatic heterocycles. The molecule has 4 rings (SSSR count). The first-order valence-electron chi connectivity index (χ1n) is 8.74. The summed E-state index contributed by atoms with van der Waals surface area (Å²) < 4.78 is 12.3. The van der Waals surface area contributed by atoms with Gasteiger partial charge in [0.1, 0.15) is 0 Å². The number of nitrogens with two attached hydrogens (primary N) is 1. The third-order valence-electron chi connectivity index (χ3n) is 5.44. The maximum absolute atomic E-state index is 6.17. The molecule has 5 nitrogen and oxygen atoms in total. The minimum Gasteiger partial charge on any atom is -0.399 e. The van der Waals surface area contributed by atoms with Gasteiger partial charge in [-0.15, -0.1) is 5.10 Å². The summed E-state index contributed by atoms with van der Waals surface area (Å²) in [5.41, 5.74) is 8.37. The van der Waals surface area contributed by atoms with E-state index in [4.69, 9.17) is 15.0 Å². The van der Waals surface area contributed by atoms with Gasteiger partial charge in [-0.05, 0) is 56.4 Å². The minimum absolute atomic E-state index is 0.354. The van der Waals surface area contributed by atoms with Gasteiger partial charge in [-0.2, -0.15) is 5.10 Å². The summed E-state index contributed by atoms with van der Waals surface area (Å²) in [7, 11) is -0.373. The molecule has 0 aliphatic carbocycles. The zero-order chi connectivity index (χ0) is 18.5. The molecule has 26 heavy (non-hydrogen) atoms. The average molecular weight is 347 g/mol. The molecule has 3 aromatic rings. The van der Waals surface area contributed by atoms with Crippen molar-refractivity contribution in [3.05, 3.63) is 48.7 Å². The molecule has 0 radical (unpaired) electrons. The van der Waals surface area contributed by atoms with Crippen LogP contribution < -0.4 is 11.2 Å². The fourth-order valence-corrected chi connectivity index (χ4v) is 3.13. The van der Waals surface area contributed by atoms with Crippen LogP contribution in [-0.4, -0.2) is 28.5 Å². The molecule has 0 spiro atoms. The fourth-order valence-electron chi connectivity index (χ4n) is 3.13. The van der Waals surface area contributed by atoms with Crippen LogP contribution in [0.25, 0.3) is 21.9 Å². The Hall–Kier alpha value is -2.44. The number of nitrogen functional groups attached to an aromatic ring is 1. The molecule has 0 atom stereocenters. The molecule has 6 heteroatoms. The Kier molecular flexibility index (Phi) is 3.79. The SMILES string of the molecule is CC1(C)OB(c2cccc(-c3ccc4c(N)nncc4c3)c2)OC1(C)C. The van der Waals surface area contributed by atoms with Gasteiger partial charge in [0.2, 0.25) is 0 Å². The van der Waals surface area contributed by atoms with E-state index in [1.165, 1.54) is 0 Å². The van der Waals surface area contributed by atoms with Gasteiger partial charge in [0.05, 0.1) is 17.4 Å². The van der Waals surface area contributed by atoms with Crippen molar-refractivity contribution in [1.29, 1.82) is 0 Å². The van der Waals surface area contributed by atoms with Gasteiger partial charge in [-0.25, -0.2) is 0 Å². The normalized spacial score (nSPS) is 18.4. The smallest absolute Gasteiger partial charge is 0.399 e. The maximum Gasteiger partial charge on any atom is 0.494 e. The number of nitrogens with zero attached hydrogens (tertiary/aromatic N) is 2. The second-order valence-electron chi connectivity index (χ2n) is 7.75. The second kappa shape index (κ2) is 5.79. The number of rotatable bonds is 2. The molecule has 2 aromatic carbocycles. The van der Waals surface area contributed by atoms with Crippen molar-refractivity contribution < 1.29 is 9.31 Å². The highest BCUT2D eigenvalue weighted by molar-refractivity contribution is 6.62. The Balaban J connectivity index is 1.71. The van der Waals surface area contributed by atoms with Crippen molar-refractivity contribution in [1.82, 2.24) is 10.2 Å². The van der Waals surface area contributed by atoms with E-state index in [-0.39, 0.29) is 18.3 Å². The van der Waals surface area contributed by atoms with E-state index in [0.717, 1.165) is 27.4 Å². The van der Waals surface area contributed by atoms with E-state index in [1.54, 1.807) is 6.20 Å². The van der Waals surface area contributed by atoms with Crippen molar-refractivity contribution in [3.8, 4) is 11.1 Å². The number of hydrogen-bond donors (Lipinski definition) is 1. The van der Waals surface area contributed by atoms with E-state index < -0.39 is 0 Å². The molecule has 2 N–H and O–H groups in total. The number of hydrogen-bond acceptors (Lipinski definition) is 5. The molecule has 1 fully saturated rings. The highest BCUT2D eigenvalue weighted by Crippen LogP contribution is 2.36. The van der Waals surface area contributed by atoms with Crippen molar-refractivity contribution in [2.45, 2.75) is 38.9 Å². The molecule has 1 saturated heterocycles. The molecule has 0 saturated carbocycles. The lowest BCUT2D eigenvalue weighted by atomic mass is 9.78. The van der Waals surface area contributed by atoms with Crippen LogP contribution in [0.1, 0.15) is 27.7 Å². The number of fused-ring (bicyclic) bond motifs is 1. The van der Waals surface area contributed by atoms with Gasteiger partial charge < -0.3 is 15.0 Å². The first-order valence-corrected chi connectivity index (χ1v) is 8.74. The Morgan fingerprint density at radius 3 is 2.35 bits per heavy atom. The van der Waals surface area contributed by atoms with Crippen LogP contribution in [0.4, 0.5) is 5.82 Å². The highest BCUT2D eigenvalue weighted by atomic mass is 16.7. The van der Waals surface area contributed by atoms with Crippen LogP contribution in [-0.2, 0) is 9.31 Å². The molecule has 0 amide bonds. The van der Waals surface area contributed by atoms with E-state index in [2.05, 4.69) is 56.1 Å². The van der Waals surface area contributed by atoms with Gasteiger partial charge in [-0.1, -0.05) is 30.3 Å². The third-order valence-corrected chi connectivity index (χ3v) is 5.44. The summed E-state index contributed by atoms with van der Waals surface area (Å²) in [6.07, 6.45) is 1.73. The van der Waals surface area contributed by atoms with E-state index >= 15 is 0 Å². The molecule has 0 bridgehead atoms. The topological polar surface area (TPSA) is 70.3 Å². The molecule has 2 heterocycles. The average Bonchev–Trinajstić information content (AvgIpc) is 2.83. The Labute approximate surface area is 153 Å². The molecule has 1 aliphatic rings. The third kappa shape index (κ3) is 2.75. The lowest BCUT2D eigenvalue weighted by Gasteiger charge is -2.32. The Morgan fingerprint density at radius 1 is 0.923 bits per heavy atom. The van der Waals surface area contributed by atoms with Gasteiger partial charge in [0.15, 0.2) is 5.82 Å². The summed E-state index contributed by atoms with van der Waals surface area (Å²) in [5, 5.41) is 9.72. The predicted molar refractivity (Wildman–Crippen MR) is 105 cm³/mol. The quantitative estimate of drug-likeness (QED) is 0.721. The minimum atomic E-state index is -0.373. The number of benzene rings is 2. The van der Waals surface area contributed by atoms with Gasteiger partial charge >= 0.3 is 7.12 Å². The van der Waals surface area contributed by atoms with Gasteiger partial charge in [0, 0.05) is 10.8 Å². The Bertz CT molecular complexity index is 972. The molecule has 0 unspecified atom stereocenters. The van der Waals surface area contributed by atoms with Gasteiger partial charge in [0.25, 0.3) is 0 Å². The fraction of sp³-hybridized carbons (Fsp3) is 0.300. The lowest BCUT2D eigenvalue weighted by molar-refractivity contribution is 0.00578. The van der Waals surface area contributed by atoms with Crippen LogP contribution in [0.3, 0.4) is 0 Å². The van der Waals surface area contributed by atoms with Crippen LogP contribution in [0.5, 0.6) is 0 Å². The van der Waals surface area contributed by atoms with Crippen molar-refractivity contribution in [3.63, 3.8) is 0 Å². The zero-order valence-corrected chi connectivity index (χ0v) is 15.5. The van der Waals surface area contributed by atoms with E-state index in [0.29, 0.717) is 5.82 Å². The predicted octanol–water partition coefficient (Wildman–Crippen LogP) is 3.18. The molecular formula is C20H22BN3O2. The largest absolute Gasteiger partial charge is 0.494 e. The monoisotopic (exact) mass is 347 g/mol. The number of aromatic nitrogens is 2. The highest BCUT2D eigenvalue weighted by Gasteiger charge is 2.51. The van der Waals surface area contributed by atoms with Crippen LogP contribution >= 0.6 is 0 Å². The van der Waals surface area contributed by atoms with Crippen LogP contribution in [0.15, 0.2) is 48.7 Å².